The molecule has 0 N–H and O–H groups in total. The van der Waals surface area contributed by atoms with E-state index >= 15 is 0 Å². The second-order valence-electron chi connectivity index (χ2n) is 3.47. The van der Waals surface area contributed by atoms with Gasteiger partial charge in [0.05, 0.1) is 0 Å². The van der Waals surface area contributed by atoms with E-state index in [1.165, 1.54) is 6.08 Å². The number of rotatable bonds is 4. The Morgan fingerprint density at radius 2 is 1.89 bits per heavy atom. The summed E-state index contributed by atoms with van der Waals surface area (Å²) < 4.78 is 0. The molecule has 0 fully saturated rings. The number of hydrogen-bond donors (Lipinski definition) is 0. The van der Waals surface area contributed by atoms with Crippen LogP contribution in [0.3, 0.4) is 0 Å². The minimum Gasteiger partial charge on any atom is -0.242 e. The lowest BCUT2D eigenvalue weighted by atomic mass is 10.2. The Hall–Kier alpha value is -2.36. The van der Waals surface area contributed by atoms with E-state index in [-0.39, 0.29) is 5.57 Å². The van der Waals surface area contributed by atoms with Crippen molar-refractivity contribution in [2.24, 2.45) is 0 Å². The maximum Gasteiger partial charge on any atom is 0.381 e. The summed E-state index contributed by atoms with van der Waals surface area (Å²) in [4.78, 5) is 31.0. The highest BCUT2D eigenvalue weighted by atomic mass is 17.2. The Labute approximate surface area is 105 Å². The van der Waals surface area contributed by atoms with Gasteiger partial charge in [0, 0.05) is 11.6 Å². The molecule has 0 unspecified atom stereocenters. The van der Waals surface area contributed by atoms with Crippen LogP contribution in [0.15, 0.2) is 48.6 Å². The number of carbonyl (C=O) groups excluding carboxylic acids is 2. The summed E-state index contributed by atoms with van der Waals surface area (Å²) in [5.41, 5.74) is 1.09. The number of benzene rings is 1. The molecule has 0 amide bonds. The predicted molar refractivity (Wildman–Crippen MR) is 67.1 cm³/mol. The smallest absolute Gasteiger partial charge is 0.242 e. The molecule has 0 radical (unpaired) electrons. The molecule has 94 valence electrons. The number of hydrogen-bond acceptors (Lipinski definition) is 4. The Balaban J connectivity index is 2.41. The fraction of sp³-hybridized carbons (Fsp3) is 0.143. The highest BCUT2D eigenvalue weighted by molar-refractivity contribution is 5.90. The first-order chi connectivity index (χ1) is 8.63. The molecule has 18 heavy (non-hydrogen) atoms. The van der Waals surface area contributed by atoms with Crippen LogP contribution in [0, 0.1) is 0 Å². The Morgan fingerprint density at radius 1 is 1.22 bits per heavy atom. The lowest BCUT2D eigenvalue weighted by molar-refractivity contribution is -0.251. The second-order valence-corrected chi connectivity index (χ2v) is 3.47. The highest BCUT2D eigenvalue weighted by Crippen LogP contribution is 2.03. The van der Waals surface area contributed by atoms with Crippen molar-refractivity contribution in [2.45, 2.75) is 13.3 Å². The fourth-order valence-electron chi connectivity index (χ4n) is 1.04. The van der Waals surface area contributed by atoms with Crippen LogP contribution in [0.4, 0.5) is 0 Å². The fourth-order valence-corrected chi connectivity index (χ4v) is 1.04. The first kappa shape index (κ1) is 13.7. The predicted octanol–water partition coefficient (Wildman–Crippen LogP) is 2.67. The molecule has 0 aliphatic rings. The molecule has 0 saturated heterocycles. The molecule has 1 aromatic carbocycles. The molecule has 0 aromatic heterocycles. The van der Waals surface area contributed by atoms with Gasteiger partial charge >= 0.3 is 11.9 Å². The maximum absolute atomic E-state index is 11.2. The van der Waals surface area contributed by atoms with Gasteiger partial charge in [-0.25, -0.2) is 19.4 Å². The van der Waals surface area contributed by atoms with Crippen molar-refractivity contribution in [3.63, 3.8) is 0 Å². The van der Waals surface area contributed by atoms with Crippen molar-refractivity contribution in [1.29, 1.82) is 0 Å². The van der Waals surface area contributed by atoms with Crippen LogP contribution in [0.5, 0.6) is 0 Å². The normalized spacial score (nSPS) is 10.1. The Morgan fingerprint density at radius 3 is 2.50 bits per heavy atom. The average molecular weight is 246 g/mol. The average Bonchev–Trinajstić information content (AvgIpc) is 2.42. The first-order valence-corrected chi connectivity index (χ1v) is 5.47. The largest absolute Gasteiger partial charge is 0.381 e. The van der Waals surface area contributed by atoms with Gasteiger partial charge in [-0.3, -0.25) is 0 Å². The van der Waals surface area contributed by atoms with Gasteiger partial charge in [0.1, 0.15) is 0 Å². The summed E-state index contributed by atoms with van der Waals surface area (Å²) in [6.45, 7) is 5.21. The van der Waals surface area contributed by atoms with E-state index in [1.54, 1.807) is 13.0 Å². The van der Waals surface area contributed by atoms with Crippen LogP contribution in [-0.4, -0.2) is 11.9 Å². The zero-order chi connectivity index (χ0) is 13.4. The van der Waals surface area contributed by atoms with Crippen LogP contribution in [0.25, 0.3) is 6.08 Å². The van der Waals surface area contributed by atoms with Gasteiger partial charge in [-0.1, -0.05) is 43.8 Å². The van der Waals surface area contributed by atoms with E-state index < -0.39 is 11.9 Å². The summed E-state index contributed by atoms with van der Waals surface area (Å²) in [6.07, 6.45) is 3.18. The van der Waals surface area contributed by atoms with Crippen LogP contribution in [0.1, 0.15) is 18.9 Å². The van der Waals surface area contributed by atoms with Gasteiger partial charge in [0.2, 0.25) is 0 Å². The van der Waals surface area contributed by atoms with Crippen LogP contribution in [-0.2, 0) is 19.4 Å². The zero-order valence-corrected chi connectivity index (χ0v) is 10.1. The van der Waals surface area contributed by atoms with Crippen LogP contribution in [0.2, 0.25) is 0 Å². The molecule has 1 aromatic rings. The molecule has 1 rings (SSSR count). The van der Waals surface area contributed by atoms with Gasteiger partial charge in [-0.15, -0.1) is 0 Å². The first-order valence-electron chi connectivity index (χ1n) is 5.47. The molecule has 4 heteroatoms. The Bertz CT molecular complexity index is 460. The quantitative estimate of drug-likeness (QED) is 0.465. The standard InChI is InChI=1S/C14H14O4/c1-3-11(2)14(16)18-17-13(15)10-9-12-7-5-4-6-8-12/h4-10H,2-3H2,1H3/b10-9+. The van der Waals surface area contributed by atoms with Crippen molar-refractivity contribution in [1.82, 2.24) is 0 Å². The van der Waals surface area contributed by atoms with E-state index in [9.17, 15) is 9.59 Å². The van der Waals surface area contributed by atoms with Crippen molar-refractivity contribution in [2.75, 3.05) is 0 Å². The van der Waals surface area contributed by atoms with E-state index in [0.29, 0.717) is 6.42 Å². The highest BCUT2D eigenvalue weighted by Gasteiger charge is 2.09. The molecule has 0 heterocycles. The SMILES string of the molecule is C=C(CC)C(=O)OOC(=O)/C=C/c1ccccc1. The summed E-state index contributed by atoms with van der Waals surface area (Å²) in [5.74, 6) is -1.49. The lowest BCUT2D eigenvalue weighted by Gasteiger charge is -2.01. The van der Waals surface area contributed by atoms with Crippen molar-refractivity contribution < 1.29 is 19.4 Å². The summed E-state index contributed by atoms with van der Waals surface area (Å²) in [6, 6.07) is 9.21. The topological polar surface area (TPSA) is 52.6 Å². The van der Waals surface area contributed by atoms with Gasteiger partial charge in [0.25, 0.3) is 0 Å². The van der Waals surface area contributed by atoms with Crippen molar-refractivity contribution >= 4 is 18.0 Å². The third kappa shape index (κ3) is 4.65. The molecule has 0 spiro atoms. The van der Waals surface area contributed by atoms with Crippen molar-refractivity contribution in [3.8, 4) is 0 Å². The monoisotopic (exact) mass is 246 g/mol. The van der Waals surface area contributed by atoms with Gasteiger partial charge in [-0.2, -0.15) is 0 Å². The third-order valence-corrected chi connectivity index (χ3v) is 2.13. The molecule has 0 bridgehead atoms. The number of carbonyl (C=O) groups is 2. The maximum atomic E-state index is 11.2. The second kappa shape index (κ2) is 7.06. The summed E-state index contributed by atoms with van der Waals surface area (Å²) >= 11 is 0. The van der Waals surface area contributed by atoms with Gasteiger partial charge in [0.15, 0.2) is 0 Å². The van der Waals surface area contributed by atoms with E-state index in [2.05, 4.69) is 16.4 Å². The molecule has 0 aliphatic carbocycles. The Kier molecular flexibility index (Phi) is 5.38. The zero-order valence-electron chi connectivity index (χ0n) is 10.1. The molecule has 0 aliphatic heterocycles. The minimum absolute atomic E-state index is 0.245. The van der Waals surface area contributed by atoms with Crippen molar-refractivity contribution in [3.05, 3.63) is 54.1 Å². The molecular weight excluding hydrogens is 232 g/mol. The van der Waals surface area contributed by atoms with Gasteiger partial charge in [-0.05, 0) is 18.1 Å². The van der Waals surface area contributed by atoms with Crippen LogP contribution < -0.4 is 0 Å². The third-order valence-electron chi connectivity index (χ3n) is 2.13. The van der Waals surface area contributed by atoms with E-state index in [1.807, 2.05) is 30.3 Å². The molecule has 0 atom stereocenters. The molecule has 0 saturated carbocycles. The van der Waals surface area contributed by atoms with E-state index in [0.717, 1.165) is 5.56 Å². The summed E-state index contributed by atoms with van der Waals surface area (Å²) in [5, 5.41) is 0. The van der Waals surface area contributed by atoms with Gasteiger partial charge < -0.3 is 0 Å². The van der Waals surface area contributed by atoms with Crippen LogP contribution >= 0.6 is 0 Å². The molecule has 4 nitrogen and oxygen atoms in total. The molecular formula is C14H14O4. The summed E-state index contributed by atoms with van der Waals surface area (Å²) in [7, 11) is 0. The minimum atomic E-state index is -0.754. The lowest BCUT2D eigenvalue weighted by Crippen LogP contribution is -2.10. The van der Waals surface area contributed by atoms with E-state index in [4.69, 9.17) is 0 Å².